The van der Waals surface area contributed by atoms with E-state index in [4.69, 9.17) is 0 Å². The largest absolute Gasteiger partial charge is 0.341 e. The molecule has 1 N–H and O–H groups in total. The molecule has 1 aliphatic rings. The second kappa shape index (κ2) is 7.72. The van der Waals surface area contributed by atoms with Crippen LogP contribution >= 0.6 is 0 Å². The number of aromatic nitrogens is 2. The van der Waals surface area contributed by atoms with Gasteiger partial charge in [0.1, 0.15) is 0 Å². The van der Waals surface area contributed by atoms with Crippen molar-refractivity contribution in [2.75, 3.05) is 26.2 Å². The molecule has 0 atom stereocenters. The summed E-state index contributed by atoms with van der Waals surface area (Å²) in [5, 5.41) is 7.09. The fraction of sp³-hybridized carbons (Fsp3) is 0.450. The van der Waals surface area contributed by atoms with Crippen LogP contribution in [-0.4, -0.2) is 58.0 Å². The number of hydrogen-bond donors (Lipinski definition) is 1. The van der Waals surface area contributed by atoms with E-state index in [0.29, 0.717) is 32.6 Å². The number of carbonyl (C=O) groups is 2. The van der Waals surface area contributed by atoms with Gasteiger partial charge in [0, 0.05) is 43.0 Å². The number of benzene rings is 1. The summed E-state index contributed by atoms with van der Waals surface area (Å²) in [6.07, 6.45) is 1.16. The molecule has 138 valence electrons. The van der Waals surface area contributed by atoms with Crippen molar-refractivity contribution in [2.24, 2.45) is 0 Å². The number of rotatable bonds is 3. The Morgan fingerprint density at radius 3 is 2.50 bits per heavy atom. The number of aromatic amines is 1. The zero-order chi connectivity index (χ0) is 18.7. The standard InChI is InChI=1S/C20H26N4O2/c1-14-6-4-7-17(12-14)20(26)24-9-5-8-23(10-11-24)19(25)13-18-15(2)21-22-16(18)3/h4,6-7,12H,5,8-11,13H2,1-3H3,(H,21,22). The number of nitrogens with zero attached hydrogens (tertiary/aromatic N) is 3. The Labute approximate surface area is 154 Å². The van der Waals surface area contributed by atoms with Crippen molar-refractivity contribution in [3.8, 4) is 0 Å². The first-order chi connectivity index (χ1) is 12.5. The van der Waals surface area contributed by atoms with Gasteiger partial charge in [-0.25, -0.2) is 0 Å². The molecular weight excluding hydrogens is 328 g/mol. The Balaban J connectivity index is 1.63. The second-order valence-electron chi connectivity index (χ2n) is 6.99. The first-order valence-electron chi connectivity index (χ1n) is 9.10. The molecule has 1 fully saturated rings. The topological polar surface area (TPSA) is 69.3 Å². The summed E-state index contributed by atoms with van der Waals surface area (Å²) < 4.78 is 0. The van der Waals surface area contributed by atoms with Crippen LogP contribution in [0.25, 0.3) is 0 Å². The van der Waals surface area contributed by atoms with Crippen molar-refractivity contribution >= 4 is 11.8 Å². The lowest BCUT2D eigenvalue weighted by molar-refractivity contribution is -0.130. The predicted molar refractivity (Wildman–Crippen MR) is 100 cm³/mol. The normalized spacial score (nSPS) is 15.0. The Bertz CT molecular complexity index is 792. The molecule has 0 unspecified atom stereocenters. The summed E-state index contributed by atoms with van der Waals surface area (Å²) in [6.45, 7) is 8.35. The van der Waals surface area contributed by atoms with Crippen molar-refractivity contribution < 1.29 is 9.59 Å². The van der Waals surface area contributed by atoms with E-state index in [2.05, 4.69) is 10.2 Å². The Kier molecular flexibility index (Phi) is 5.40. The number of hydrogen-bond acceptors (Lipinski definition) is 3. The molecule has 2 amide bonds. The number of nitrogens with one attached hydrogen (secondary N) is 1. The van der Waals surface area contributed by atoms with Gasteiger partial charge in [-0.05, 0) is 39.3 Å². The van der Waals surface area contributed by atoms with Crippen LogP contribution in [0.3, 0.4) is 0 Å². The highest BCUT2D eigenvalue weighted by atomic mass is 16.2. The highest BCUT2D eigenvalue weighted by molar-refractivity contribution is 5.94. The third kappa shape index (κ3) is 3.95. The molecule has 0 aliphatic carbocycles. The van der Waals surface area contributed by atoms with Gasteiger partial charge in [0.25, 0.3) is 5.91 Å². The maximum atomic E-state index is 12.7. The lowest BCUT2D eigenvalue weighted by Gasteiger charge is -2.22. The molecule has 6 nitrogen and oxygen atoms in total. The maximum absolute atomic E-state index is 12.7. The quantitative estimate of drug-likeness (QED) is 0.919. The molecule has 3 rings (SSSR count). The highest BCUT2D eigenvalue weighted by Crippen LogP contribution is 2.14. The van der Waals surface area contributed by atoms with Crippen molar-refractivity contribution in [1.82, 2.24) is 20.0 Å². The average Bonchev–Trinajstić information content (AvgIpc) is 2.83. The Morgan fingerprint density at radius 1 is 1.08 bits per heavy atom. The van der Waals surface area contributed by atoms with Crippen LogP contribution in [0.15, 0.2) is 24.3 Å². The van der Waals surface area contributed by atoms with Crippen LogP contribution in [0.2, 0.25) is 0 Å². The summed E-state index contributed by atoms with van der Waals surface area (Å²) in [7, 11) is 0. The van der Waals surface area contributed by atoms with Gasteiger partial charge in [-0.3, -0.25) is 14.7 Å². The van der Waals surface area contributed by atoms with Crippen molar-refractivity contribution in [2.45, 2.75) is 33.6 Å². The molecule has 0 saturated carbocycles. The van der Waals surface area contributed by atoms with Crippen LogP contribution in [0.1, 0.15) is 39.3 Å². The molecule has 6 heteroatoms. The van der Waals surface area contributed by atoms with Crippen LogP contribution in [0.4, 0.5) is 0 Å². The zero-order valence-electron chi connectivity index (χ0n) is 15.7. The van der Waals surface area contributed by atoms with Crippen molar-refractivity contribution in [1.29, 1.82) is 0 Å². The predicted octanol–water partition coefficient (Wildman–Crippen LogP) is 2.25. The molecule has 0 spiro atoms. The van der Waals surface area contributed by atoms with E-state index < -0.39 is 0 Å². The van der Waals surface area contributed by atoms with E-state index in [-0.39, 0.29) is 11.8 Å². The van der Waals surface area contributed by atoms with Gasteiger partial charge in [0.15, 0.2) is 0 Å². The smallest absolute Gasteiger partial charge is 0.253 e. The molecule has 0 bridgehead atoms. The fourth-order valence-corrected chi connectivity index (χ4v) is 3.43. The van der Waals surface area contributed by atoms with E-state index in [0.717, 1.165) is 34.5 Å². The van der Waals surface area contributed by atoms with Gasteiger partial charge in [0.2, 0.25) is 5.91 Å². The van der Waals surface area contributed by atoms with E-state index in [1.807, 2.05) is 54.8 Å². The van der Waals surface area contributed by atoms with Gasteiger partial charge >= 0.3 is 0 Å². The minimum atomic E-state index is 0.0459. The highest BCUT2D eigenvalue weighted by Gasteiger charge is 2.24. The van der Waals surface area contributed by atoms with Crippen LogP contribution in [0.5, 0.6) is 0 Å². The lowest BCUT2D eigenvalue weighted by atomic mass is 10.1. The van der Waals surface area contributed by atoms with E-state index >= 15 is 0 Å². The SMILES string of the molecule is Cc1cccc(C(=O)N2CCCN(C(=O)Cc3c(C)n[nH]c3C)CC2)c1. The first-order valence-corrected chi connectivity index (χ1v) is 9.10. The molecule has 26 heavy (non-hydrogen) atoms. The number of carbonyl (C=O) groups excluding carboxylic acids is 2. The third-order valence-corrected chi connectivity index (χ3v) is 5.01. The van der Waals surface area contributed by atoms with Gasteiger partial charge < -0.3 is 9.80 Å². The first kappa shape index (κ1) is 18.2. The summed E-state index contributed by atoms with van der Waals surface area (Å²) in [4.78, 5) is 29.2. The molecule has 2 heterocycles. The zero-order valence-corrected chi connectivity index (χ0v) is 15.7. The molecule has 0 radical (unpaired) electrons. The van der Waals surface area contributed by atoms with Crippen LogP contribution < -0.4 is 0 Å². The molecule has 1 aliphatic heterocycles. The number of amides is 2. The van der Waals surface area contributed by atoms with Crippen molar-refractivity contribution in [3.05, 3.63) is 52.3 Å². The van der Waals surface area contributed by atoms with E-state index in [1.165, 1.54) is 0 Å². The summed E-state index contributed by atoms with van der Waals surface area (Å²) in [5.74, 6) is 0.145. The van der Waals surface area contributed by atoms with E-state index in [1.54, 1.807) is 0 Å². The van der Waals surface area contributed by atoms with Crippen molar-refractivity contribution in [3.63, 3.8) is 0 Å². The minimum absolute atomic E-state index is 0.0459. The molecule has 1 aromatic carbocycles. The summed E-state index contributed by atoms with van der Waals surface area (Å²) >= 11 is 0. The Morgan fingerprint density at radius 2 is 1.81 bits per heavy atom. The van der Waals surface area contributed by atoms with Gasteiger partial charge in [0.05, 0.1) is 12.1 Å². The third-order valence-electron chi connectivity index (χ3n) is 5.01. The van der Waals surface area contributed by atoms with Crippen LogP contribution in [0, 0.1) is 20.8 Å². The molecular formula is C20H26N4O2. The lowest BCUT2D eigenvalue weighted by Crippen LogP contribution is -2.38. The van der Waals surface area contributed by atoms with Gasteiger partial charge in [-0.2, -0.15) is 5.10 Å². The number of H-pyrrole nitrogens is 1. The van der Waals surface area contributed by atoms with E-state index in [9.17, 15) is 9.59 Å². The Hall–Kier alpha value is -2.63. The minimum Gasteiger partial charge on any atom is -0.341 e. The molecule has 1 aromatic heterocycles. The molecule has 1 saturated heterocycles. The number of aryl methyl sites for hydroxylation is 3. The average molecular weight is 354 g/mol. The van der Waals surface area contributed by atoms with Gasteiger partial charge in [-0.15, -0.1) is 0 Å². The van der Waals surface area contributed by atoms with Crippen LogP contribution in [-0.2, 0) is 11.2 Å². The van der Waals surface area contributed by atoms with Gasteiger partial charge in [-0.1, -0.05) is 17.7 Å². The monoisotopic (exact) mass is 354 g/mol. The fourth-order valence-electron chi connectivity index (χ4n) is 3.43. The molecule has 2 aromatic rings. The second-order valence-corrected chi connectivity index (χ2v) is 6.99. The maximum Gasteiger partial charge on any atom is 0.253 e. The summed E-state index contributed by atoms with van der Waals surface area (Å²) in [5.41, 5.74) is 4.60. The summed E-state index contributed by atoms with van der Waals surface area (Å²) in [6, 6.07) is 7.67.